The van der Waals surface area contributed by atoms with Gasteiger partial charge in [-0.1, -0.05) is 25.8 Å². The fraction of sp³-hybridized carbons (Fsp3) is 0.333. The SMILES string of the molecule is CCCCCOc1cc2cc(C(=O)NCc3ccc4c(c3)OCO4)c(=O)[nH]c2cc1C. The highest BCUT2D eigenvalue weighted by Gasteiger charge is 2.16. The average Bonchev–Trinajstić information content (AvgIpc) is 3.23. The monoisotopic (exact) mass is 422 g/mol. The van der Waals surface area contributed by atoms with Crippen molar-refractivity contribution in [3.05, 3.63) is 63.4 Å². The minimum Gasteiger partial charge on any atom is -0.493 e. The van der Waals surface area contributed by atoms with Gasteiger partial charge < -0.3 is 24.5 Å². The number of unbranched alkanes of at least 4 members (excludes halogenated alkanes) is 2. The van der Waals surface area contributed by atoms with Crippen LogP contribution in [0.2, 0.25) is 0 Å². The number of aromatic amines is 1. The molecule has 31 heavy (non-hydrogen) atoms. The van der Waals surface area contributed by atoms with E-state index in [1.54, 1.807) is 12.1 Å². The molecule has 7 nitrogen and oxygen atoms in total. The zero-order chi connectivity index (χ0) is 21.8. The highest BCUT2D eigenvalue weighted by Crippen LogP contribution is 2.32. The highest BCUT2D eigenvalue weighted by atomic mass is 16.7. The second-order valence-corrected chi connectivity index (χ2v) is 7.64. The molecule has 0 atom stereocenters. The lowest BCUT2D eigenvalue weighted by atomic mass is 10.1. The predicted octanol–water partition coefficient (Wildman–Crippen LogP) is 4.06. The molecule has 0 spiro atoms. The normalized spacial score (nSPS) is 12.2. The van der Waals surface area contributed by atoms with E-state index in [0.717, 1.165) is 41.5 Å². The van der Waals surface area contributed by atoms with Gasteiger partial charge in [0, 0.05) is 17.4 Å². The van der Waals surface area contributed by atoms with Crippen LogP contribution in [0, 0.1) is 6.92 Å². The minimum atomic E-state index is -0.438. The number of carbonyl (C=O) groups excluding carboxylic acids is 1. The molecule has 1 aliphatic heterocycles. The molecule has 162 valence electrons. The summed E-state index contributed by atoms with van der Waals surface area (Å²) >= 11 is 0. The summed E-state index contributed by atoms with van der Waals surface area (Å²) in [6, 6.07) is 10.8. The summed E-state index contributed by atoms with van der Waals surface area (Å²) in [7, 11) is 0. The third-order valence-electron chi connectivity index (χ3n) is 5.28. The number of benzene rings is 2. The molecule has 1 aromatic heterocycles. The van der Waals surface area contributed by atoms with Crippen molar-refractivity contribution >= 4 is 16.8 Å². The van der Waals surface area contributed by atoms with Crippen LogP contribution in [0.25, 0.3) is 10.9 Å². The van der Waals surface area contributed by atoms with E-state index < -0.39 is 11.5 Å². The molecule has 3 aromatic rings. The standard InChI is InChI=1S/C24H26N2O5/c1-3-4-5-8-29-21-12-17-11-18(24(28)26-19(17)9-15(21)2)23(27)25-13-16-6-7-20-22(10-16)31-14-30-20/h6-7,9-12H,3-5,8,13-14H2,1-2H3,(H,25,27)(H,26,28). The molecule has 4 rings (SSSR count). The Morgan fingerprint density at radius 2 is 1.97 bits per heavy atom. The topological polar surface area (TPSA) is 89.7 Å². The summed E-state index contributed by atoms with van der Waals surface area (Å²) in [6.45, 7) is 5.20. The van der Waals surface area contributed by atoms with E-state index in [1.807, 2.05) is 31.2 Å². The Hall–Kier alpha value is -3.48. The maximum atomic E-state index is 12.7. The summed E-state index contributed by atoms with van der Waals surface area (Å²) in [5, 5.41) is 3.55. The average molecular weight is 422 g/mol. The van der Waals surface area contributed by atoms with Crippen LogP contribution in [0.5, 0.6) is 17.2 Å². The Morgan fingerprint density at radius 3 is 2.81 bits per heavy atom. The Morgan fingerprint density at radius 1 is 1.13 bits per heavy atom. The lowest BCUT2D eigenvalue weighted by molar-refractivity contribution is 0.0949. The molecular weight excluding hydrogens is 396 g/mol. The van der Waals surface area contributed by atoms with Crippen LogP contribution in [0.4, 0.5) is 0 Å². The van der Waals surface area contributed by atoms with E-state index in [9.17, 15) is 9.59 Å². The Bertz CT molecular complexity index is 1170. The van der Waals surface area contributed by atoms with Crippen LogP contribution in [-0.2, 0) is 6.54 Å². The molecule has 7 heteroatoms. The van der Waals surface area contributed by atoms with Gasteiger partial charge in [-0.2, -0.15) is 0 Å². The molecule has 0 unspecified atom stereocenters. The quantitative estimate of drug-likeness (QED) is 0.534. The van der Waals surface area contributed by atoms with Crippen molar-refractivity contribution in [2.24, 2.45) is 0 Å². The van der Waals surface area contributed by atoms with Crippen molar-refractivity contribution in [3.8, 4) is 17.2 Å². The molecule has 1 amide bonds. The molecule has 0 saturated carbocycles. The first-order chi connectivity index (χ1) is 15.0. The molecule has 0 saturated heterocycles. The van der Waals surface area contributed by atoms with Gasteiger partial charge in [-0.15, -0.1) is 0 Å². The summed E-state index contributed by atoms with van der Waals surface area (Å²) in [5.74, 6) is 1.66. The fourth-order valence-electron chi connectivity index (χ4n) is 3.53. The van der Waals surface area contributed by atoms with Crippen molar-refractivity contribution in [3.63, 3.8) is 0 Å². The number of amides is 1. The van der Waals surface area contributed by atoms with Gasteiger partial charge in [-0.25, -0.2) is 0 Å². The molecule has 2 aromatic carbocycles. The second-order valence-electron chi connectivity index (χ2n) is 7.64. The number of hydrogen-bond donors (Lipinski definition) is 2. The first-order valence-electron chi connectivity index (χ1n) is 10.5. The van der Waals surface area contributed by atoms with Gasteiger partial charge in [0.2, 0.25) is 6.79 Å². The van der Waals surface area contributed by atoms with Gasteiger partial charge in [0.15, 0.2) is 11.5 Å². The number of rotatable bonds is 8. The highest BCUT2D eigenvalue weighted by molar-refractivity contribution is 5.97. The fourth-order valence-corrected chi connectivity index (χ4v) is 3.53. The molecule has 1 aliphatic rings. The molecule has 0 radical (unpaired) electrons. The molecule has 2 heterocycles. The lowest BCUT2D eigenvalue weighted by Crippen LogP contribution is -2.29. The van der Waals surface area contributed by atoms with Crippen molar-refractivity contribution in [1.82, 2.24) is 10.3 Å². The maximum absolute atomic E-state index is 12.7. The van der Waals surface area contributed by atoms with E-state index in [0.29, 0.717) is 23.6 Å². The maximum Gasteiger partial charge on any atom is 0.261 e. The van der Waals surface area contributed by atoms with Crippen LogP contribution in [-0.4, -0.2) is 24.3 Å². The molecule has 2 N–H and O–H groups in total. The number of aromatic nitrogens is 1. The number of ether oxygens (including phenoxy) is 3. The van der Waals surface area contributed by atoms with Crippen LogP contribution >= 0.6 is 0 Å². The van der Waals surface area contributed by atoms with Gasteiger partial charge in [-0.05, 0) is 54.8 Å². The van der Waals surface area contributed by atoms with Gasteiger partial charge in [0.05, 0.1) is 6.61 Å². The Kier molecular flexibility index (Phi) is 6.11. The number of aryl methyl sites for hydroxylation is 1. The van der Waals surface area contributed by atoms with Crippen molar-refractivity contribution in [2.75, 3.05) is 13.4 Å². The van der Waals surface area contributed by atoms with Crippen molar-refractivity contribution < 1.29 is 19.0 Å². The van der Waals surface area contributed by atoms with Crippen LogP contribution in [0.15, 0.2) is 41.2 Å². The number of hydrogen-bond acceptors (Lipinski definition) is 5. The van der Waals surface area contributed by atoms with E-state index in [2.05, 4.69) is 17.2 Å². The largest absolute Gasteiger partial charge is 0.493 e. The zero-order valence-electron chi connectivity index (χ0n) is 17.7. The van der Waals surface area contributed by atoms with Crippen molar-refractivity contribution in [2.45, 2.75) is 39.7 Å². The zero-order valence-corrected chi connectivity index (χ0v) is 17.7. The first kappa shape index (κ1) is 20.8. The summed E-state index contributed by atoms with van der Waals surface area (Å²) in [5.41, 5.74) is 2.12. The van der Waals surface area contributed by atoms with E-state index in [4.69, 9.17) is 14.2 Å². The number of pyridine rings is 1. The van der Waals surface area contributed by atoms with E-state index in [-0.39, 0.29) is 18.9 Å². The van der Waals surface area contributed by atoms with Gasteiger partial charge in [-0.3, -0.25) is 9.59 Å². The van der Waals surface area contributed by atoms with Crippen LogP contribution in [0.1, 0.15) is 47.7 Å². The lowest BCUT2D eigenvalue weighted by Gasteiger charge is -2.11. The predicted molar refractivity (Wildman–Crippen MR) is 118 cm³/mol. The van der Waals surface area contributed by atoms with Gasteiger partial charge >= 0.3 is 0 Å². The summed E-state index contributed by atoms with van der Waals surface area (Å²) in [6.07, 6.45) is 3.24. The summed E-state index contributed by atoms with van der Waals surface area (Å²) in [4.78, 5) is 28.0. The Balaban J connectivity index is 1.50. The van der Waals surface area contributed by atoms with E-state index in [1.165, 1.54) is 0 Å². The molecule has 0 aliphatic carbocycles. The first-order valence-corrected chi connectivity index (χ1v) is 10.5. The third-order valence-corrected chi connectivity index (χ3v) is 5.28. The third kappa shape index (κ3) is 4.66. The van der Waals surface area contributed by atoms with Crippen LogP contribution in [0.3, 0.4) is 0 Å². The minimum absolute atomic E-state index is 0.0639. The molecule has 0 fully saturated rings. The summed E-state index contributed by atoms with van der Waals surface area (Å²) < 4.78 is 16.6. The van der Waals surface area contributed by atoms with Gasteiger partial charge in [0.1, 0.15) is 11.3 Å². The molecular formula is C24H26N2O5. The second kappa shape index (κ2) is 9.12. The smallest absolute Gasteiger partial charge is 0.261 e. The van der Waals surface area contributed by atoms with Crippen molar-refractivity contribution in [1.29, 1.82) is 0 Å². The number of nitrogens with one attached hydrogen (secondary N) is 2. The molecule has 0 bridgehead atoms. The number of H-pyrrole nitrogens is 1. The Labute approximate surface area is 180 Å². The van der Waals surface area contributed by atoms with Gasteiger partial charge in [0.25, 0.3) is 11.5 Å². The number of fused-ring (bicyclic) bond motifs is 2. The number of carbonyl (C=O) groups is 1. The van der Waals surface area contributed by atoms with E-state index >= 15 is 0 Å². The van der Waals surface area contributed by atoms with Crippen LogP contribution < -0.4 is 25.1 Å².